The molecule has 0 saturated carbocycles. The van der Waals surface area contributed by atoms with E-state index in [1.165, 1.54) is 4.88 Å². The van der Waals surface area contributed by atoms with Crippen LogP contribution in [-0.4, -0.2) is 4.98 Å². The van der Waals surface area contributed by atoms with E-state index < -0.39 is 0 Å². The molecule has 2 aromatic heterocycles. The van der Waals surface area contributed by atoms with E-state index in [1.54, 1.807) is 17.6 Å². The largest absolute Gasteiger partial charge is 0.469 e. The third-order valence-corrected chi connectivity index (χ3v) is 2.94. The standard InChI is InChI=1S/C10H12N2OS/c1-7-9(12-10(11)14-7)5-4-8-3-2-6-13-8/h2-3,6H,4-5H2,1H3,(H2,11,12). The second-order valence-electron chi connectivity index (χ2n) is 3.13. The summed E-state index contributed by atoms with van der Waals surface area (Å²) in [6, 6.07) is 3.88. The minimum atomic E-state index is 0.650. The fraction of sp³-hybridized carbons (Fsp3) is 0.300. The Balaban J connectivity index is 2.01. The number of hydrogen-bond donors (Lipinski definition) is 1. The number of nitrogen functional groups attached to an aromatic ring is 1. The van der Waals surface area contributed by atoms with Crippen LogP contribution in [0.25, 0.3) is 0 Å². The van der Waals surface area contributed by atoms with E-state index >= 15 is 0 Å². The van der Waals surface area contributed by atoms with Gasteiger partial charge < -0.3 is 10.2 Å². The van der Waals surface area contributed by atoms with Gasteiger partial charge in [0.15, 0.2) is 5.13 Å². The lowest BCUT2D eigenvalue weighted by atomic mass is 10.2. The summed E-state index contributed by atoms with van der Waals surface area (Å²) in [5, 5.41) is 0.650. The lowest BCUT2D eigenvalue weighted by Crippen LogP contribution is -1.92. The third kappa shape index (κ3) is 1.96. The number of rotatable bonds is 3. The van der Waals surface area contributed by atoms with Crippen molar-refractivity contribution >= 4 is 16.5 Å². The van der Waals surface area contributed by atoms with Crippen LogP contribution >= 0.6 is 11.3 Å². The maximum atomic E-state index is 5.61. The summed E-state index contributed by atoms with van der Waals surface area (Å²) in [5.41, 5.74) is 6.70. The average molecular weight is 208 g/mol. The maximum Gasteiger partial charge on any atom is 0.180 e. The summed E-state index contributed by atoms with van der Waals surface area (Å²) < 4.78 is 5.25. The van der Waals surface area contributed by atoms with Crippen LogP contribution in [0.2, 0.25) is 0 Å². The van der Waals surface area contributed by atoms with Crippen molar-refractivity contribution in [3.8, 4) is 0 Å². The zero-order valence-corrected chi connectivity index (χ0v) is 8.80. The number of hydrogen-bond acceptors (Lipinski definition) is 4. The van der Waals surface area contributed by atoms with Crippen molar-refractivity contribution in [1.29, 1.82) is 0 Å². The summed E-state index contributed by atoms with van der Waals surface area (Å²) >= 11 is 1.54. The molecule has 74 valence electrons. The summed E-state index contributed by atoms with van der Waals surface area (Å²) in [6.07, 6.45) is 3.47. The SMILES string of the molecule is Cc1sc(N)nc1CCc1ccco1. The summed E-state index contributed by atoms with van der Waals surface area (Å²) in [4.78, 5) is 5.47. The fourth-order valence-corrected chi connectivity index (χ4v) is 2.11. The second-order valence-corrected chi connectivity index (χ2v) is 4.37. The lowest BCUT2D eigenvalue weighted by Gasteiger charge is -1.95. The van der Waals surface area contributed by atoms with Crippen LogP contribution in [0.1, 0.15) is 16.3 Å². The van der Waals surface area contributed by atoms with E-state index in [9.17, 15) is 0 Å². The zero-order valence-electron chi connectivity index (χ0n) is 7.99. The highest BCUT2D eigenvalue weighted by atomic mass is 32.1. The maximum absolute atomic E-state index is 5.61. The molecule has 0 fully saturated rings. The van der Waals surface area contributed by atoms with Gasteiger partial charge in [0.25, 0.3) is 0 Å². The van der Waals surface area contributed by atoms with Crippen LogP contribution in [0.5, 0.6) is 0 Å². The molecular weight excluding hydrogens is 196 g/mol. The Labute approximate surface area is 86.6 Å². The van der Waals surface area contributed by atoms with Crippen molar-refractivity contribution in [2.45, 2.75) is 19.8 Å². The highest BCUT2D eigenvalue weighted by molar-refractivity contribution is 7.15. The molecule has 2 heterocycles. The molecule has 2 aromatic rings. The second kappa shape index (κ2) is 3.84. The number of nitrogens with zero attached hydrogens (tertiary/aromatic N) is 1. The van der Waals surface area contributed by atoms with Gasteiger partial charge in [-0.1, -0.05) is 0 Å². The van der Waals surface area contributed by atoms with Gasteiger partial charge in [-0.25, -0.2) is 4.98 Å². The molecule has 0 amide bonds. The summed E-state index contributed by atoms with van der Waals surface area (Å²) in [5.74, 6) is 0.996. The Kier molecular flexibility index (Phi) is 2.54. The molecule has 0 spiro atoms. The first-order valence-electron chi connectivity index (χ1n) is 4.50. The van der Waals surface area contributed by atoms with Gasteiger partial charge in [0.2, 0.25) is 0 Å². The van der Waals surface area contributed by atoms with Crippen molar-refractivity contribution < 1.29 is 4.42 Å². The minimum Gasteiger partial charge on any atom is -0.469 e. The smallest absolute Gasteiger partial charge is 0.180 e. The molecule has 0 aliphatic rings. The van der Waals surface area contributed by atoms with Gasteiger partial charge in [-0.3, -0.25) is 0 Å². The molecular formula is C10H12N2OS. The quantitative estimate of drug-likeness (QED) is 0.842. The molecule has 0 aliphatic carbocycles. The average Bonchev–Trinajstić information content (AvgIpc) is 2.72. The Morgan fingerprint density at radius 3 is 2.93 bits per heavy atom. The Morgan fingerprint density at radius 2 is 2.36 bits per heavy atom. The number of aromatic nitrogens is 1. The predicted octanol–water partition coefficient (Wildman–Crippen LogP) is 2.41. The molecule has 0 radical (unpaired) electrons. The topological polar surface area (TPSA) is 52.0 Å². The predicted molar refractivity (Wildman–Crippen MR) is 57.4 cm³/mol. The zero-order chi connectivity index (χ0) is 9.97. The molecule has 0 unspecified atom stereocenters. The summed E-state index contributed by atoms with van der Waals surface area (Å²) in [7, 11) is 0. The van der Waals surface area contributed by atoms with Crippen LogP contribution in [0.3, 0.4) is 0 Å². The van der Waals surface area contributed by atoms with Crippen LogP contribution in [0.4, 0.5) is 5.13 Å². The Hall–Kier alpha value is -1.29. The lowest BCUT2D eigenvalue weighted by molar-refractivity contribution is 0.507. The van der Waals surface area contributed by atoms with Crippen LogP contribution in [0.15, 0.2) is 22.8 Å². The van der Waals surface area contributed by atoms with Crippen molar-refractivity contribution in [2.24, 2.45) is 0 Å². The molecule has 3 nitrogen and oxygen atoms in total. The van der Waals surface area contributed by atoms with Crippen molar-refractivity contribution in [3.05, 3.63) is 34.7 Å². The normalized spacial score (nSPS) is 10.6. The fourth-order valence-electron chi connectivity index (χ4n) is 1.38. The van der Waals surface area contributed by atoms with E-state index in [-0.39, 0.29) is 0 Å². The van der Waals surface area contributed by atoms with Crippen molar-refractivity contribution in [1.82, 2.24) is 4.98 Å². The Bertz CT molecular complexity index is 406. The number of aryl methyl sites for hydroxylation is 3. The Morgan fingerprint density at radius 1 is 1.50 bits per heavy atom. The van der Waals surface area contributed by atoms with E-state index in [2.05, 4.69) is 4.98 Å². The number of thiazole rings is 1. The minimum absolute atomic E-state index is 0.650. The molecule has 4 heteroatoms. The van der Waals surface area contributed by atoms with Gasteiger partial charge in [0.1, 0.15) is 5.76 Å². The van der Waals surface area contributed by atoms with Gasteiger partial charge in [0, 0.05) is 11.3 Å². The number of nitrogens with two attached hydrogens (primary N) is 1. The molecule has 14 heavy (non-hydrogen) atoms. The van der Waals surface area contributed by atoms with Crippen LogP contribution < -0.4 is 5.73 Å². The molecule has 0 saturated heterocycles. The van der Waals surface area contributed by atoms with E-state index in [0.29, 0.717) is 5.13 Å². The first-order chi connectivity index (χ1) is 6.75. The number of furan rings is 1. The van der Waals surface area contributed by atoms with E-state index in [1.807, 2.05) is 19.1 Å². The first kappa shape index (κ1) is 9.27. The molecule has 0 aliphatic heterocycles. The van der Waals surface area contributed by atoms with Gasteiger partial charge in [-0.2, -0.15) is 0 Å². The monoisotopic (exact) mass is 208 g/mol. The summed E-state index contributed by atoms with van der Waals surface area (Å²) in [6.45, 7) is 2.05. The van der Waals surface area contributed by atoms with E-state index in [4.69, 9.17) is 10.2 Å². The molecule has 2 rings (SSSR count). The van der Waals surface area contributed by atoms with Gasteiger partial charge in [0.05, 0.1) is 12.0 Å². The van der Waals surface area contributed by atoms with Crippen LogP contribution in [0, 0.1) is 6.92 Å². The molecule has 0 aromatic carbocycles. The third-order valence-electron chi connectivity index (χ3n) is 2.10. The number of anilines is 1. The molecule has 0 bridgehead atoms. The van der Waals surface area contributed by atoms with Gasteiger partial charge in [-0.05, 0) is 25.5 Å². The van der Waals surface area contributed by atoms with Crippen LogP contribution in [-0.2, 0) is 12.8 Å². The van der Waals surface area contributed by atoms with E-state index in [0.717, 1.165) is 24.3 Å². The molecule has 0 atom stereocenters. The molecule has 2 N–H and O–H groups in total. The first-order valence-corrected chi connectivity index (χ1v) is 5.31. The van der Waals surface area contributed by atoms with Crippen molar-refractivity contribution in [3.63, 3.8) is 0 Å². The van der Waals surface area contributed by atoms with Gasteiger partial charge >= 0.3 is 0 Å². The van der Waals surface area contributed by atoms with Crippen molar-refractivity contribution in [2.75, 3.05) is 5.73 Å². The highest BCUT2D eigenvalue weighted by Crippen LogP contribution is 2.20. The highest BCUT2D eigenvalue weighted by Gasteiger charge is 2.06. The van der Waals surface area contributed by atoms with Gasteiger partial charge in [-0.15, -0.1) is 11.3 Å².